The number of allylic oxidation sites excluding steroid dienone is 2. The van der Waals surface area contributed by atoms with Crippen LogP contribution >= 0.6 is 0 Å². The van der Waals surface area contributed by atoms with Crippen molar-refractivity contribution in [3.63, 3.8) is 0 Å². The molecule has 1 aliphatic carbocycles. The summed E-state index contributed by atoms with van der Waals surface area (Å²) in [4.78, 5) is 28.0. The van der Waals surface area contributed by atoms with E-state index in [-0.39, 0.29) is 41.4 Å². The van der Waals surface area contributed by atoms with Crippen molar-refractivity contribution < 1.29 is 19.4 Å². The molecular weight excluding hydrogens is 462 g/mol. The molecule has 0 radical (unpaired) electrons. The lowest BCUT2D eigenvalue weighted by Gasteiger charge is -2.32. The van der Waals surface area contributed by atoms with Gasteiger partial charge in [0.2, 0.25) is 11.8 Å². The van der Waals surface area contributed by atoms with Gasteiger partial charge in [0.1, 0.15) is 5.75 Å². The standard InChI is InChI=1S/C32H37NO4/c1-3-10-24-19-25-30(32(36)33(17-4-2)31(25)35)26-20-37-28(29(24)26)16-15-22(21-11-6-5-7-12-21)18-23-13-8-9-14-27(23)34/h5-9,11-14,18,25-26,28,30,34H,3-4,10,15-17,19-20H2,1-2H3/b22-18-/t25-,26+,28-,30-/m1/s1. The fourth-order valence-electron chi connectivity index (χ4n) is 6.56. The van der Waals surface area contributed by atoms with E-state index in [1.165, 1.54) is 16.0 Å². The third-order valence-electron chi connectivity index (χ3n) is 8.19. The van der Waals surface area contributed by atoms with Gasteiger partial charge in [0.15, 0.2) is 0 Å². The predicted molar refractivity (Wildman–Crippen MR) is 145 cm³/mol. The van der Waals surface area contributed by atoms with Gasteiger partial charge < -0.3 is 9.84 Å². The second-order valence-corrected chi connectivity index (χ2v) is 10.5. The molecule has 194 valence electrons. The summed E-state index contributed by atoms with van der Waals surface area (Å²) < 4.78 is 6.41. The monoisotopic (exact) mass is 499 g/mol. The third-order valence-corrected chi connectivity index (χ3v) is 8.19. The zero-order valence-electron chi connectivity index (χ0n) is 21.9. The third kappa shape index (κ3) is 4.89. The summed E-state index contributed by atoms with van der Waals surface area (Å²) in [5, 5.41) is 10.4. The highest BCUT2D eigenvalue weighted by Crippen LogP contribution is 2.51. The number of para-hydroxylation sites is 1. The molecular formula is C32H37NO4. The van der Waals surface area contributed by atoms with Gasteiger partial charge in [0.25, 0.3) is 0 Å². The number of imide groups is 1. The Kier molecular flexibility index (Phi) is 7.61. The van der Waals surface area contributed by atoms with E-state index in [2.05, 4.69) is 25.1 Å². The number of phenols is 1. The number of phenolic OH excluding ortho intramolecular Hbond substituents is 1. The van der Waals surface area contributed by atoms with Crippen molar-refractivity contribution in [3.8, 4) is 5.75 Å². The number of likely N-dealkylation sites (tertiary alicyclic amines) is 1. The van der Waals surface area contributed by atoms with Crippen LogP contribution in [0.25, 0.3) is 11.6 Å². The molecule has 2 aromatic rings. The van der Waals surface area contributed by atoms with Crippen LogP contribution in [-0.4, -0.2) is 41.1 Å². The van der Waals surface area contributed by atoms with E-state index in [0.717, 1.165) is 48.8 Å². The van der Waals surface area contributed by atoms with Crippen molar-refractivity contribution in [1.82, 2.24) is 4.90 Å². The number of carbonyl (C=O) groups is 2. The average Bonchev–Trinajstić information content (AvgIpc) is 3.43. The number of carbonyl (C=O) groups excluding carboxylic acids is 2. The van der Waals surface area contributed by atoms with Crippen LogP contribution in [-0.2, 0) is 14.3 Å². The minimum Gasteiger partial charge on any atom is -0.507 e. The van der Waals surface area contributed by atoms with Crippen LogP contribution < -0.4 is 0 Å². The zero-order chi connectivity index (χ0) is 25.9. The normalized spacial score (nSPS) is 25.6. The van der Waals surface area contributed by atoms with Crippen LogP contribution in [0.1, 0.15) is 63.5 Å². The molecule has 0 unspecified atom stereocenters. The summed E-state index contributed by atoms with van der Waals surface area (Å²) in [6.07, 6.45) is 7.03. The maximum Gasteiger partial charge on any atom is 0.233 e. The minimum absolute atomic E-state index is 0.00331. The van der Waals surface area contributed by atoms with Crippen molar-refractivity contribution in [2.45, 2.75) is 58.5 Å². The molecule has 0 spiro atoms. The van der Waals surface area contributed by atoms with Gasteiger partial charge in [0, 0.05) is 18.0 Å². The van der Waals surface area contributed by atoms with E-state index in [0.29, 0.717) is 19.6 Å². The van der Waals surface area contributed by atoms with Crippen molar-refractivity contribution >= 4 is 23.5 Å². The first-order chi connectivity index (χ1) is 18.0. The van der Waals surface area contributed by atoms with Crippen molar-refractivity contribution in [2.24, 2.45) is 17.8 Å². The Bertz CT molecular complexity index is 1210. The second kappa shape index (κ2) is 11.1. The van der Waals surface area contributed by atoms with Gasteiger partial charge in [-0.25, -0.2) is 0 Å². The number of amides is 2. The fourth-order valence-corrected chi connectivity index (χ4v) is 6.56. The number of aromatic hydroxyl groups is 1. The van der Waals surface area contributed by atoms with Crippen LogP contribution in [0.15, 0.2) is 65.7 Å². The molecule has 1 N–H and O–H groups in total. The van der Waals surface area contributed by atoms with Gasteiger partial charge in [-0.1, -0.05) is 74.4 Å². The van der Waals surface area contributed by atoms with Gasteiger partial charge in [0.05, 0.1) is 24.5 Å². The molecule has 2 saturated heterocycles. The number of hydrogen-bond acceptors (Lipinski definition) is 4. The largest absolute Gasteiger partial charge is 0.507 e. The molecule has 0 bridgehead atoms. The van der Waals surface area contributed by atoms with Gasteiger partial charge in [-0.05, 0) is 61.0 Å². The van der Waals surface area contributed by atoms with Crippen LogP contribution in [0, 0.1) is 17.8 Å². The maximum atomic E-state index is 13.3. The molecule has 3 aliphatic rings. The molecule has 0 aromatic heterocycles. The number of benzene rings is 2. The topological polar surface area (TPSA) is 66.8 Å². The van der Waals surface area contributed by atoms with Crippen molar-refractivity contribution in [2.75, 3.05) is 13.2 Å². The predicted octanol–water partition coefficient (Wildman–Crippen LogP) is 6.24. The number of ether oxygens (including phenoxy) is 1. The zero-order valence-corrected chi connectivity index (χ0v) is 21.9. The average molecular weight is 500 g/mol. The summed E-state index contributed by atoms with van der Waals surface area (Å²) in [7, 11) is 0. The highest BCUT2D eigenvalue weighted by Gasteiger charge is 2.56. The van der Waals surface area contributed by atoms with Crippen LogP contribution in [0.2, 0.25) is 0 Å². The Morgan fingerprint density at radius 3 is 2.49 bits per heavy atom. The molecule has 2 fully saturated rings. The fraction of sp³-hybridized carbons (Fsp3) is 0.438. The summed E-state index contributed by atoms with van der Waals surface area (Å²) >= 11 is 0. The Balaban J connectivity index is 1.42. The lowest BCUT2D eigenvalue weighted by Crippen LogP contribution is -2.34. The number of fused-ring (bicyclic) bond motifs is 3. The SMILES string of the molecule is CCCC1=C2[C@@H](CC/C(=C/c3ccccc3O)c3ccccc3)OC[C@@H]2[C@@H]2C(=O)N(CCC)C(=O)[C@@H]2C1. The quantitative estimate of drug-likeness (QED) is 0.252. The van der Waals surface area contributed by atoms with Crippen molar-refractivity contribution in [3.05, 3.63) is 76.9 Å². The smallest absolute Gasteiger partial charge is 0.233 e. The van der Waals surface area contributed by atoms with E-state index in [1.807, 2.05) is 43.3 Å². The second-order valence-electron chi connectivity index (χ2n) is 10.5. The first-order valence-electron chi connectivity index (χ1n) is 13.8. The van der Waals surface area contributed by atoms with E-state index in [4.69, 9.17) is 4.74 Å². The summed E-state index contributed by atoms with van der Waals surface area (Å²) in [6, 6.07) is 17.7. The highest BCUT2D eigenvalue weighted by atomic mass is 16.5. The van der Waals surface area contributed by atoms with E-state index < -0.39 is 0 Å². The van der Waals surface area contributed by atoms with Crippen molar-refractivity contribution in [1.29, 1.82) is 0 Å². The van der Waals surface area contributed by atoms with Gasteiger partial charge >= 0.3 is 0 Å². The maximum absolute atomic E-state index is 13.3. The Morgan fingerprint density at radius 1 is 1.00 bits per heavy atom. The van der Waals surface area contributed by atoms with Gasteiger partial charge in [-0.15, -0.1) is 0 Å². The van der Waals surface area contributed by atoms with Crippen LogP contribution in [0.4, 0.5) is 0 Å². The summed E-state index contributed by atoms with van der Waals surface area (Å²) in [6.45, 7) is 5.21. The molecule has 5 heteroatoms. The molecule has 37 heavy (non-hydrogen) atoms. The number of nitrogens with zero attached hydrogens (tertiary/aromatic N) is 1. The van der Waals surface area contributed by atoms with Crippen LogP contribution in [0.3, 0.4) is 0 Å². The van der Waals surface area contributed by atoms with Gasteiger partial charge in [-0.3, -0.25) is 14.5 Å². The first-order valence-corrected chi connectivity index (χ1v) is 13.8. The Hall–Kier alpha value is -3.18. The molecule has 2 aliphatic heterocycles. The molecule has 2 amide bonds. The molecule has 5 nitrogen and oxygen atoms in total. The number of rotatable bonds is 9. The summed E-state index contributed by atoms with van der Waals surface area (Å²) in [5.74, 6) is -0.206. The molecule has 2 heterocycles. The van der Waals surface area contributed by atoms with Crippen LogP contribution in [0.5, 0.6) is 5.75 Å². The molecule has 4 atom stereocenters. The van der Waals surface area contributed by atoms with E-state index in [9.17, 15) is 14.7 Å². The molecule has 2 aromatic carbocycles. The van der Waals surface area contributed by atoms with E-state index >= 15 is 0 Å². The number of hydrogen-bond donors (Lipinski definition) is 1. The molecule has 5 rings (SSSR count). The molecule has 0 saturated carbocycles. The summed E-state index contributed by atoms with van der Waals surface area (Å²) in [5.41, 5.74) is 5.68. The lowest BCUT2D eigenvalue weighted by molar-refractivity contribution is -0.140. The Morgan fingerprint density at radius 2 is 1.76 bits per heavy atom. The first kappa shape index (κ1) is 25.5. The lowest BCUT2D eigenvalue weighted by atomic mass is 9.68. The van der Waals surface area contributed by atoms with Gasteiger partial charge in [-0.2, -0.15) is 0 Å². The van der Waals surface area contributed by atoms with E-state index in [1.54, 1.807) is 6.07 Å². The minimum atomic E-state index is -0.273. The highest BCUT2D eigenvalue weighted by molar-refractivity contribution is 6.06. The Labute approximate surface area is 219 Å².